The first-order valence-electron chi connectivity index (χ1n) is 6.31. The third kappa shape index (κ3) is 2.42. The summed E-state index contributed by atoms with van der Waals surface area (Å²) >= 11 is 0. The fourth-order valence-corrected chi connectivity index (χ4v) is 2.17. The van der Waals surface area contributed by atoms with Crippen molar-refractivity contribution in [1.29, 1.82) is 0 Å². The molecule has 0 saturated heterocycles. The van der Waals surface area contributed by atoms with Gasteiger partial charge in [-0.15, -0.1) is 0 Å². The number of hydrogen-bond acceptors (Lipinski definition) is 6. The van der Waals surface area contributed by atoms with Gasteiger partial charge in [0.15, 0.2) is 0 Å². The summed E-state index contributed by atoms with van der Waals surface area (Å²) in [6.45, 7) is 0.790. The molecular formula is C13H14N4O3. The number of carbonyl (C=O) groups excluding carboxylic acids is 1. The van der Waals surface area contributed by atoms with Gasteiger partial charge in [-0.1, -0.05) is 18.2 Å². The smallest absolute Gasteiger partial charge is 0.260 e. The highest BCUT2D eigenvalue weighted by molar-refractivity contribution is 5.85. The Morgan fingerprint density at radius 1 is 1.45 bits per heavy atom. The van der Waals surface area contributed by atoms with Crippen molar-refractivity contribution in [2.45, 2.75) is 12.3 Å². The molecule has 7 heteroatoms. The molecule has 0 spiro atoms. The highest BCUT2D eigenvalue weighted by Gasteiger charge is 2.29. The van der Waals surface area contributed by atoms with Crippen LogP contribution in [0.1, 0.15) is 17.4 Å². The number of aromatic nitrogens is 2. The average Bonchev–Trinajstić information content (AvgIpc) is 3.05. The third-order valence-corrected chi connectivity index (χ3v) is 3.14. The Hall–Kier alpha value is -2.57. The first-order chi connectivity index (χ1) is 9.74. The van der Waals surface area contributed by atoms with Gasteiger partial charge in [-0.2, -0.15) is 4.98 Å². The van der Waals surface area contributed by atoms with Crippen LogP contribution >= 0.6 is 0 Å². The molecule has 0 aliphatic carbocycles. The van der Waals surface area contributed by atoms with Gasteiger partial charge in [-0.25, -0.2) is 0 Å². The molecule has 2 aromatic rings. The van der Waals surface area contributed by atoms with Gasteiger partial charge >= 0.3 is 0 Å². The van der Waals surface area contributed by atoms with Crippen LogP contribution in [-0.2, 0) is 11.2 Å². The van der Waals surface area contributed by atoms with Crippen LogP contribution in [0.4, 0.5) is 5.95 Å². The Morgan fingerprint density at radius 2 is 2.30 bits per heavy atom. The number of rotatable bonds is 4. The van der Waals surface area contributed by atoms with Crippen LogP contribution in [0.5, 0.6) is 5.75 Å². The van der Waals surface area contributed by atoms with Crippen molar-refractivity contribution in [2.75, 3.05) is 18.9 Å². The van der Waals surface area contributed by atoms with E-state index in [2.05, 4.69) is 15.5 Å². The molecule has 3 N–H and O–H groups in total. The maximum Gasteiger partial charge on any atom is 0.260 e. The van der Waals surface area contributed by atoms with Crippen LogP contribution in [0.3, 0.4) is 0 Å². The number of nitrogens with one attached hydrogen (secondary N) is 1. The molecule has 1 amide bonds. The van der Waals surface area contributed by atoms with Crippen molar-refractivity contribution in [1.82, 2.24) is 15.5 Å². The van der Waals surface area contributed by atoms with E-state index in [9.17, 15) is 4.79 Å². The Kier molecular flexibility index (Phi) is 3.24. The number of ether oxygens (including phenoxy) is 1. The van der Waals surface area contributed by atoms with Crippen molar-refractivity contribution in [3.63, 3.8) is 0 Å². The van der Waals surface area contributed by atoms with Crippen LogP contribution in [0.15, 0.2) is 28.8 Å². The van der Waals surface area contributed by atoms with Gasteiger partial charge in [-0.05, 0) is 11.2 Å². The summed E-state index contributed by atoms with van der Waals surface area (Å²) < 4.78 is 10.3. The maximum absolute atomic E-state index is 12.1. The predicted octanol–water partition coefficient (Wildman–Crippen LogP) is 0.487. The summed E-state index contributed by atoms with van der Waals surface area (Å²) in [7, 11) is 0. The topological polar surface area (TPSA) is 103 Å². The minimum Gasteiger partial charge on any atom is -0.492 e. The molecule has 1 aliphatic heterocycles. The summed E-state index contributed by atoms with van der Waals surface area (Å²) in [5.74, 6) is 0.953. The van der Waals surface area contributed by atoms with E-state index in [1.54, 1.807) is 0 Å². The zero-order valence-electron chi connectivity index (χ0n) is 10.7. The third-order valence-electron chi connectivity index (χ3n) is 3.14. The number of para-hydroxylation sites is 1. The second kappa shape index (κ2) is 5.20. The minimum absolute atomic E-state index is 0.0672. The van der Waals surface area contributed by atoms with Gasteiger partial charge in [0.2, 0.25) is 11.8 Å². The van der Waals surface area contributed by atoms with Gasteiger partial charge in [0, 0.05) is 18.5 Å². The monoisotopic (exact) mass is 274 g/mol. The summed E-state index contributed by atoms with van der Waals surface area (Å²) in [5.41, 5.74) is 6.27. The number of nitrogens with two attached hydrogens (primary N) is 1. The van der Waals surface area contributed by atoms with Crippen molar-refractivity contribution >= 4 is 11.9 Å². The first-order valence-corrected chi connectivity index (χ1v) is 6.31. The largest absolute Gasteiger partial charge is 0.492 e. The van der Waals surface area contributed by atoms with Crippen molar-refractivity contribution < 1.29 is 14.1 Å². The SMILES string of the molecule is Nc1noc(CCNC(=O)[C@@H]2COc3ccccc32)n1. The molecule has 1 aliphatic rings. The lowest BCUT2D eigenvalue weighted by Gasteiger charge is -2.09. The molecule has 104 valence electrons. The van der Waals surface area contributed by atoms with E-state index in [-0.39, 0.29) is 17.8 Å². The number of hydrogen-bond donors (Lipinski definition) is 2. The molecule has 0 bridgehead atoms. The molecule has 1 aromatic carbocycles. The summed E-state index contributed by atoms with van der Waals surface area (Å²) in [5, 5.41) is 6.32. The van der Waals surface area contributed by atoms with E-state index >= 15 is 0 Å². The standard InChI is InChI=1S/C13H14N4O3/c14-13-16-11(20-17-13)5-6-15-12(18)9-7-19-10-4-2-1-3-8(9)10/h1-4,9H,5-7H2,(H2,14,17)(H,15,18)/t9-/m1/s1. The van der Waals surface area contributed by atoms with Crippen LogP contribution in [0.25, 0.3) is 0 Å². The maximum atomic E-state index is 12.1. The minimum atomic E-state index is -0.265. The lowest BCUT2D eigenvalue weighted by Crippen LogP contribution is -2.31. The van der Waals surface area contributed by atoms with E-state index in [0.29, 0.717) is 25.5 Å². The normalized spacial score (nSPS) is 16.5. The Labute approximate surface area is 115 Å². The number of amides is 1. The number of nitrogens with zero attached hydrogens (tertiary/aromatic N) is 2. The van der Waals surface area contributed by atoms with Crippen molar-refractivity contribution in [2.24, 2.45) is 0 Å². The Balaban J connectivity index is 1.55. The lowest BCUT2D eigenvalue weighted by atomic mass is 10.0. The number of anilines is 1. The van der Waals surface area contributed by atoms with E-state index in [1.165, 1.54) is 0 Å². The Morgan fingerprint density at radius 3 is 3.10 bits per heavy atom. The molecule has 20 heavy (non-hydrogen) atoms. The number of carbonyl (C=O) groups is 1. The van der Waals surface area contributed by atoms with Gasteiger partial charge < -0.3 is 20.3 Å². The zero-order chi connectivity index (χ0) is 13.9. The molecule has 3 rings (SSSR count). The summed E-state index contributed by atoms with van der Waals surface area (Å²) in [6, 6.07) is 7.56. The molecule has 1 aromatic heterocycles. The molecule has 0 unspecified atom stereocenters. The van der Waals surface area contributed by atoms with E-state index < -0.39 is 0 Å². The first kappa shape index (κ1) is 12.5. The lowest BCUT2D eigenvalue weighted by molar-refractivity contribution is -0.122. The van der Waals surface area contributed by atoms with Crippen LogP contribution < -0.4 is 15.8 Å². The van der Waals surface area contributed by atoms with Crippen LogP contribution in [-0.4, -0.2) is 29.2 Å². The molecular weight excluding hydrogens is 260 g/mol. The fraction of sp³-hybridized carbons (Fsp3) is 0.308. The second-order valence-electron chi connectivity index (χ2n) is 4.49. The highest BCUT2D eigenvalue weighted by Crippen LogP contribution is 2.33. The predicted molar refractivity (Wildman–Crippen MR) is 70.1 cm³/mol. The molecule has 0 saturated carbocycles. The quantitative estimate of drug-likeness (QED) is 0.840. The molecule has 0 fully saturated rings. The van der Waals surface area contributed by atoms with Crippen LogP contribution in [0, 0.1) is 0 Å². The number of fused-ring (bicyclic) bond motifs is 1. The number of benzene rings is 1. The zero-order valence-corrected chi connectivity index (χ0v) is 10.7. The summed E-state index contributed by atoms with van der Waals surface area (Å²) in [4.78, 5) is 16.0. The van der Waals surface area contributed by atoms with Crippen molar-refractivity contribution in [3.05, 3.63) is 35.7 Å². The summed E-state index contributed by atoms with van der Waals surface area (Å²) in [6.07, 6.45) is 0.450. The van der Waals surface area contributed by atoms with Gasteiger partial charge in [0.05, 0.1) is 0 Å². The number of nitrogen functional groups attached to an aromatic ring is 1. The van der Waals surface area contributed by atoms with Crippen molar-refractivity contribution in [3.8, 4) is 5.75 Å². The molecule has 0 radical (unpaired) electrons. The average molecular weight is 274 g/mol. The Bertz CT molecular complexity index is 626. The second-order valence-corrected chi connectivity index (χ2v) is 4.49. The fourth-order valence-electron chi connectivity index (χ4n) is 2.17. The van der Waals surface area contributed by atoms with Gasteiger partial charge in [-0.3, -0.25) is 4.79 Å². The highest BCUT2D eigenvalue weighted by atomic mass is 16.5. The molecule has 2 heterocycles. The van der Waals surface area contributed by atoms with Gasteiger partial charge in [0.1, 0.15) is 18.3 Å². The van der Waals surface area contributed by atoms with E-state index in [4.69, 9.17) is 15.0 Å². The van der Waals surface area contributed by atoms with Crippen LogP contribution in [0.2, 0.25) is 0 Å². The van der Waals surface area contributed by atoms with E-state index in [0.717, 1.165) is 11.3 Å². The molecule has 7 nitrogen and oxygen atoms in total. The molecule has 1 atom stereocenters. The van der Waals surface area contributed by atoms with Gasteiger partial charge in [0.25, 0.3) is 5.95 Å². The van der Waals surface area contributed by atoms with E-state index in [1.807, 2.05) is 24.3 Å².